The first kappa shape index (κ1) is 10.3. The molecule has 1 aliphatic heterocycles. The predicted octanol–water partition coefficient (Wildman–Crippen LogP) is 3.20. The standard InChI is InChI=1S/C15H21N/c1-15(13-8-4-2-5-9-13)12-14(15)16-10-6-3-7-11-16/h2,4-5,8-9,14H,3,6-7,10-12H2,1H3/t14-,15+/m1/s1. The molecule has 2 fully saturated rings. The number of benzene rings is 1. The van der Waals surface area contributed by atoms with E-state index in [0.29, 0.717) is 5.41 Å². The van der Waals surface area contributed by atoms with Gasteiger partial charge in [0.25, 0.3) is 0 Å². The molecule has 1 aliphatic carbocycles. The van der Waals surface area contributed by atoms with Crippen molar-refractivity contribution in [3.8, 4) is 0 Å². The minimum atomic E-state index is 0.443. The van der Waals surface area contributed by atoms with Crippen molar-refractivity contribution in [3.63, 3.8) is 0 Å². The lowest BCUT2D eigenvalue weighted by Gasteiger charge is -2.28. The summed E-state index contributed by atoms with van der Waals surface area (Å²) in [6.45, 7) is 5.09. The number of nitrogens with zero attached hydrogens (tertiary/aromatic N) is 1. The molecular weight excluding hydrogens is 194 g/mol. The lowest BCUT2D eigenvalue weighted by Crippen LogP contribution is -2.35. The molecule has 0 spiro atoms. The highest BCUT2D eigenvalue weighted by Gasteiger charge is 2.53. The van der Waals surface area contributed by atoms with E-state index in [2.05, 4.69) is 42.2 Å². The monoisotopic (exact) mass is 215 g/mol. The van der Waals surface area contributed by atoms with Crippen LogP contribution in [0.25, 0.3) is 0 Å². The molecule has 0 radical (unpaired) electrons. The summed E-state index contributed by atoms with van der Waals surface area (Å²) >= 11 is 0. The summed E-state index contributed by atoms with van der Waals surface area (Å²) in [7, 11) is 0. The fraction of sp³-hybridized carbons (Fsp3) is 0.600. The summed E-state index contributed by atoms with van der Waals surface area (Å²) in [5, 5.41) is 0. The second-order valence-electron chi connectivity index (χ2n) is 5.60. The number of hydrogen-bond acceptors (Lipinski definition) is 1. The SMILES string of the molecule is C[C@@]1(c2ccccc2)C[C@H]1N1CCCCC1. The Bertz CT molecular complexity index is 353. The van der Waals surface area contributed by atoms with Gasteiger partial charge in [0, 0.05) is 11.5 Å². The number of rotatable bonds is 2. The topological polar surface area (TPSA) is 3.24 Å². The predicted molar refractivity (Wildman–Crippen MR) is 67.6 cm³/mol. The van der Waals surface area contributed by atoms with Crippen LogP contribution in [0.5, 0.6) is 0 Å². The molecule has 0 N–H and O–H groups in total. The third-order valence-corrected chi connectivity index (χ3v) is 4.46. The maximum Gasteiger partial charge on any atom is 0.0199 e. The lowest BCUT2D eigenvalue weighted by molar-refractivity contribution is 0.206. The molecule has 1 aromatic carbocycles. The Hall–Kier alpha value is -0.820. The van der Waals surface area contributed by atoms with E-state index in [9.17, 15) is 0 Å². The molecule has 1 nitrogen and oxygen atoms in total. The Morgan fingerprint density at radius 3 is 2.44 bits per heavy atom. The fourth-order valence-electron chi connectivity index (χ4n) is 3.23. The molecule has 2 aliphatic rings. The third-order valence-electron chi connectivity index (χ3n) is 4.46. The molecule has 0 aromatic heterocycles. The van der Waals surface area contributed by atoms with Gasteiger partial charge >= 0.3 is 0 Å². The Kier molecular flexibility index (Phi) is 2.51. The smallest absolute Gasteiger partial charge is 0.0199 e. The highest BCUT2D eigenvalue weighted by molar-refractivity contribution is 5.35. The Labute approximate surface area is 98.5 Å². The summed E-state index contributed by atoms with van der Waals surface area (Å²) in [5.41, 5.74) is 1.98. The molecule has 1 heteroatoms. The van der Waals surface area contributed by atoms with Crippen molar-refractivity contribution >= 4 is 0 Å². The summed E-state index contributed by atoms with van der Waals surface area (Å²) in [4.78, 5) is 2.72. The van der Waals surface area contributed by atoms with Crippen LogP contribution >= 0.6 is 0 Å². The zero-order chi connectivity index (χ0) is 11.0. The van der Waals surface area contributed by atoms with Gasteiger partial charge in [-0.05, 0) is 37.9 Å². The van der Waals surface area contributed by atoms with Crippen molar-refractivity contribution in [1.82, 2.24) is 4.90 Å². The Morgan fingerprint density at radius 2 is 1.75 bits per heavy atom. The van der Waals surface area contributed by atoms with E-state index in [4.69, 9.17) is 0 Å². The van der Waals surface area contributed by atoms with Crippen molar-refractivity contribution in [1.29, 1.82) is 0 Å². The highest BCUT2D eigenvalue weighted by Crippen LogP contribution is 2.51. The lowest BCUT2D eigenvalue weighted by atomic mass is 9.97. The molecule has 0 bridgehead atoms. The van der Waals surface area contributed by atoms with Gasteiger partial charge in [0.1, 0.15) is 0 Å². The Balaban J connectivity index is 1.73. The van der Waals surface area contributed by atoms with Crippen LogP contribution in [-0.2, 0) is 5.41 Å². The van der Waals surface area contributed by atoms with Gasteiger partial charge in [-0.15, -0.1) is 0 Å². The summed E-state index contributed by atoms with van der Waals surface area (Å²) in [5.74, 6) is 0. The molecule has 86 valence electrons. The van der Waals surface area contributed by atoms with Crippen molar-refractivity contribution in [2.45, 2.75) is 44.1 Å². The Morgan fingerprint density at radius 1 is 1.06 bits per heavy atom. The van der Waals surface area contributed by atoms with Crippen molar-refractivity contribution < 1.29 is 0 Å². The van der Waals surface area contributed by atoms with Gasteiger partial charge in [0.05, 0.1) is 0 Å². The van der Waals surface area contributed by atoms with Crippen LogP contribution in [0.2, 0.25) is 0 Å². The normalized spacial score (nSPS) is 34.9. The van der Waals surface area contributed by atoms with Gasteiger partial charge in [-0.3, -0.25) is 4.90 Å². The molecule has 1 heterocycles. The highest BCUT2D eigenvalue weighted by atomic mass is 15.2. The van der Waals surface area contributed by atoms with Crippen LogP contribution in [0.1, 0.15) is 38.2 Å². The van der Waals surface area contributed by atoms with Crippen molar-refractivity contribution in [2.24, 2.45) is 0 Å². The molecule has 0 amide bonds. The zero-order valence-corrected chi connectivity index (χ0v) is 10.2. The van der Waals surface area contributed by atoms with E-state index in [-0.39, 0.29) is 0 Å². The second kappa shape index (κ2) is 3.89. The second-order valence-corrected chi connectivity index (χ2v) is 5.60. The molecule has 1 aromatic rings. The van der Waals surface area contributed by atoms with Gasteiger partial charge in [0.2, 0.25) is 0 Å². The summed E-state index contributed by atoms with van der Waals surface area (Å²) in [6.07, 6.45) is 5.60. The van der Waals surface area contributed by atoms with Crippen molar-refractivity contribution in [2.75, 3.05) is 13.1 Å². The summed E-state index contributed by atoms with van der Waals surface area (Å²) in [6, 6.07) is 11.9. The number of likely N-dealkylation sites (tertiary alicyclic amines) is 1. The minimum absolute atomic E-state index is 0.443. The molecule has 3 rings (SSSR count). The largest absolute Gasteiger partial charge is 0.299 e. The van der Waals surface area contributed by atoms with Crippen LogP contribution in [0, 0.1) is 0 Å². The van der Waals surface area contributed by atoms with E-state index in [0.717, 1.165) is 6.04 Å². The first-order valence-electron chi connectivity index (χ1n) is 6.60. The van der Waals surface area contributed by atoms with Crippen LogP contribution in [0.3, 0.4) is 0 Å². The van der Waals surface area contributed by atoms with E-state index < -0.39 is 0 Å². The van der Waals surface area contributed by atoms with Crippen LogP contribution in [-0.4, -0.2) is 24.0 Å². The quantitative estimate of drug-likeness (QED) is 0.732. The van der Waals surface area contributed by atoms with Crippen molar-refractivity contribution in [3.05, 3.63) is 35.9 Å². The van der Waals surface area contributed by atoms with Gasteiger partial charge in [0.15, 0.2) is 0 Å². The fourth-order valence-corrected chi connectivity index (χ4v) is 3.23. The van der Waals surface area contributed by atoms with E-state index in [1.165, 1.54) is 44.3 Å². The van der Waals surface area contributed by atoms with Gasteiger partial charge in [-0.2, -0.15) is 0 Å². The van der Waals surface area contributed by atoms with Crippen LogP contribution in [0.4, 0.5) is 0 Å². The average molecular weight is 215 g/mol. The molecule has 16 heavy (non-hydrogen) atoms. The molecule has 1 saturated heterocycles. The van der Waals surface area contributed by atoms with E-state index in [1.54, 1.807) is 0 Å². The number of hydrogen-bond donors (Lipinski definition) is 0. The van der Waals surface area contributed by atoms with E-state index in [1.807, 2.05) is 0 Å². The minimum Gasteiger partial charge on any atom is -0.299 e. The third kappa shape index (κ3) is 1.67. The molecule has 1 saturated carbocycles. The van der Waals surface area contributed by atoms with Gasteiger partial charge < -0.3 is 0 Å². The van der Waals surface area contributed by atoms with Gasteiger partial charge in [-0.25, -0.2) is 0 Å². The first-order valence-corrected chi connectivity index (χ1v) is 6.60. The van der Waals surface area contributed by atoms with E-state index >= 15 is 0 Å². The average Bonchev–Trinajstić information content (AvgIpc) is 3.06. The van der Waals surface area contributed by atoms with Gasteiger partial charge in [-0.1, -0.05) is 43.7 Å². The molecule has 0 unspecified atom stereocenters. The summed E-state index contributed by atoms with van der Waals surface area (Å²) < 4.78 is 0. The maximum absolute atomic E-state index is 2.72. The molecule has 2 atom stereocenters. The zero-order valence-electron chi connectivity index (χ0n) is 10.2. The first-order chi connectivity index (χ1) is 7.81. The number of piperidine rings is 1. The molecular formula is C15H21N. The van der Waals surface area contributed by atoms with Crippen LogP contribution in [0.15, 0.2) is 30.3 Å². The van der Waals surface area contributed by atoms with Crippen LogP contribution < -0.4 is 0 Å². The maximum atomic E-state index is 2.72.